The van der Waals surface area contributed by atoms with Crippen molar-refractivity contribution in [3.63, 3.8) is 0 Å². The number of aryl methyl sites for hydroxylation is 1. The summed E-state index contributed by atoms with van der Waals surface area (Å²) < 4.78 is 7.35. The van der Waals surface area contributed by atoms with Crippen LogP contribution in [0.25, 0.3) is 11.0 Å². The zero-order chi connectivity index (χ0) is 24.5. The van der Waals surface area contributed by atoms with Crippen molar-refractivity contribution in [2.75, 3.05) is 38.5 Å². The molecule has 1 saturated heterocycles. The van der Waals surface area contributed by atoms with Gasteiger partial charge in [-0.2, -0.15) is 0 Å². The molecule has 1 aliphatic rings. The zero-order valence-electron chi connectivity index (χ0n) is 19.9. The van der Waals surface area contributed by atoms with Crippen LogP contribution in [0.1, 0.15) is 33.5 Å². The van der Waals surface area contributed by atoms with Gasteiger partial charge in [0.15, 0.2) is 5.65 Å². The fourth-order valence-corrected chi connectivity index (χ4v) is 4.36. The van der Waals surface area contributed by atoms with E-state index in [4.69, 9.17) is 4.74 Å². The number of hydrogen-bond donors (Lipinski definition) is 0. The maximum atomic E-state index is 12.9. The lowest BCUT2D eigenvalue weighted by molar-refractivity contribution is -0.129. The predicted octanol–water partition coefficient (Wildman–Crippen LogP) is 0.718. The van der Waals surface area contributed by atoms with Gasteiger partial charge in [0.25, 0.3) is 5.56 Å². The van der Waals surface area contributed by atoms with Crippen molar-refractivity contribution in [3.8, 4) is 0 Å². The Balaban J connectivity index is 1.86. The summed E-state index contributed by atoms with van der Waals surface area (Å²) in [7, 11) is 2.97. The molecule has 1 aliphatic heterocycles. The first-order valence-electron chi connectivity index (χ1n) is 10.8. The molecule has 11 nitrogen and oxygen atoms in total. The van der Waals surface area contributed by atoms with Crippen LogP contribution < -0.4 is 11.2 Å². The monoisotopic (exact) mass is 478 g/mol. The van der Waals surface area contributed by atoms with E-state index in [2.05, 4.69) is 9.97 Å². The molecular formula is C21H30N6O5S. The molecule has 1 fully saturated rings. The predicted molar refractivity (Wildman–Crippen MR) is 125 cm³/mol. The summed E-state index contributed by atoms with van der Waals surface area (Å²) in [5, 5.41) is 0.595. The molecule has 0 aliphatic carbocycles. The number of hydrogen-bond acceptors (Lipinski definition) is 8. The van der Waals surface area contributed by atoms with Gasteiger partial charge in [-0.15, -0.1) is 0 Å². The summed E-state index contributed by atoms with van der Waals surface area (Å²) in [6.07, 6.45) is -0.373. The van der Waals surface area contributed by atoms with Crippen molar-refractivity contribution in [1.82, 2.24) is 28.9 Å². The van der Waals surface area contributed by atoms with Gasteiger partial charge in [-0.1, -0.05) is 32.5 Å². The van der Waals surface area contributed by atoms with Crippen molar-refractivity contribution in [3.05, 3.63) is 26.7 Å². The minimum Gasteiger partial charge on any atom is -0.450 e. The normalized spacial score (nSPS) is 14.6. The van der Waals surface area contributed by atoms with Gasteiger partial charge in [0.05, 0.1) is 12.4 Å². The Bertz CT molecular complexity index is 1190. The van der Waals surface area contributed by atoms with Gasteiger partial charge in [-0.25, -0.2) is 19.6 Å². The van der Waals surface area contributed by atoms with E-state index in [-0.39, 0.29) is 28.8 Å². The number of rotatable bonds is 4. The Morgan fingerprint density at radius 3 is 2.18 bits per heavy atom. The third-order valence-corrected chi connectivity index (χ3v) is 6.39. The largest absolute Gasteiger partial charge is 0.450 e. The zero-order valence-corrected chi connectivity index (χ0v) is 20.7. The van der Waals surface area contributed by atoms with Gasteiger partial charge in [0.1, 0.15) is 16.2 Å². The number of carbonyl (C=O) groups is 2. The van der Waals surface area contributed by atoms with Crippen molar-refractivity contribution in [2.45, 2.75) is 38.1 Å². The third-order valence-electron chi connectivity index (χ3n) is 5.43. The Morgan fingerprint density at radius 1 is 1.00 bits per heavy atom. The molecule has 0 spiro atoms. The average molecular weight is 479 g/mol. The second kappa shape index (κ2) is 9.54. The summed E-state index contributed by atoms with van der Waals surface area (Å²) in [5.41, 5.74) is -1.14. The smallest absolute Gasteiger partial charge is 0.409 e. The number of fused-ring (bicyclic) bond motifs is 1. The summed E-state index contributed by atoms with van der Waals surface area (Å²) in [4.78, 5) is 62.4. The van der Waals surface area contributed by atoms with E-state index in [1.165, 1.54) is 11.6 Å². The Labute approximate surface area is 195 Å². The standard InChI is InChI=1S/C21H30N6O5S/c1-7-32-20(31)27-10-8-26(9-11-27)13(28)12-33-16-14-15(22-18(23-16)21(2,3)4)24(5)19(30)25(6)17(14)29/h7-12H2,1-6H3. The third kappa shape index (κ3) is 5.05. The van der Waals surface area contributed by atoms with Gasteiger partial charge < -0.3 is 14.5 Å². The van der Waals surface area contributed by atoms with Gasteiger partial charge in [0.2, 0.25) is 5.91 Å². The van der Waals surface area contributed by atoms with Crippen molar-refractivity contribution < 1.29 is 14.3 Å². The molecule has 0 bridgehead atoms. The molecule has 0 saturated carbocycles. The van der Waals surface area contributed by atoms with Gasteiger partial charge in [0, 0.05) is 45.7 Å². The minimum atomic E-state index is -0.494. The van der Waals surface area contributed by atoms with Crippen LogP contribution in [0, 0.1) is 0 Å². The van der Waals surface area contributed by atoms with E-state index in [1.54, 1.807) is 23.8 Å². The van der Waals surface area contributed by atoms with E-state index < -0.39 is 16.7 Å². The van der Waals surface area contributed by atoms with Crippen LogP contribution in [0.5, 0.6) is 0 Å². The lowest BCUT2D eigenvalue weighted by Crippen LogP contribution is -2.51. The number of piperazine rings is 1. The van der Waals surface area contributed by atoms with E-state index in [1.807, 2.05) is 20.8 Å². The fourth-order valence-electron chi connectivity index (χ4n) is 3.44. The van der Waals surface area contributed by atoms with Gasteiger partial charge in [-0.3, -0.25) is 18.7 Å². The van der Waals surface area contributed by atoms with E-state index in [0.717, 1.165) is 16.3 Å². The number of thioether (sulfide) groups is 1. The van der Waals surface area contributed by atoms with E-state index >= 15 is 0 Å². The number of ether oxygens (including phenoxy) is 1. The Morgan fingerprint density at radius 2 is 1.61 bits per heavy atom. The van der Waals surface area contributed by atoms with Gasteiger partial charge >= 0.3 is 11.8 Å². The molecule has 2 aromatic heterocycles. The second-order valence-corrected chi connectivity index (χ2v) is 9.83. The highest BCUT2D eigenvalue weighted by atomic mass is 32.2. The quantitative estimate of drug-likeness (QED) is 0.466. The number of aromatic nitrogens is 4. The van der Waals surface area contributed by atoms with Crippen LogP contribution in [-0.2, 0) is 29.0 Å². The van der Waals surface area contributed by atoms with Crippen molar-refractivity contribution >= 4 is 34.8 Å². The van der Waals surface area contributed by atoms with Crippen molar-refractivity contribution in [2.24, 2.45) is 14.1 Å². The topological polar surface area (TPSA) is 120 Å². The van der Waals surface area contributed by atoms with Crippen LogP contribution in [0.4, 0.5) is 4.79 Å². The van der Waals surface area contributed by atoms with Gasteiger partial charge in [-0.05, 0) is 6.92 Å². The molecule has 0 atom stereocenters. The van der Waals surface area contributed by atoms with Crippen LogP contribution in [-0.4, -0.2) is 79.4 Å². The van der Waals surface area contributed by atoms with Crippen molar-refractivity contribution in [1.29, 1.82) is 0 Å². The molecule has 0 unspecified atom stereocenters. The molecule has 0 aromatic carbocycles. The second-order valence-electron chi connectivity index (χ2n) is 8.86. The average Bonchev–Trinajstić information content (AvgIpc) is 2.78. The lowest BCUT2D eigenvalue weighted by Gasteiger charge is -2.34. The summed E-state index contributed by atoms with van der Waals surface area (Å²) >= 11 is 1.16. The molecule has 2 amide bonds. The van der Waals surface area contributed by atoms with Crippen LogP contribution in [0.15, 0.2) is 14.6 Å². The Kier molecular flexibility index (Phi) is 7.15. The number of carbonyl (C=O) groups excluding carboxylic acids is 2. The van der Waals surface area contributed by atoms with Crippen LogP contribution >= 0.6 is 11.8 Å². The maximum absolute atomic E-state index is 12.9. The molecule has 2 aromatic rings. The maximum Gasteiger partial charge on any atom is 0.409 e. The fraction of sp³-hybridized carbons (Fsp3) is 0.619. The summed E-state index contributed by atoms with van der Waals surface area (Å²) in [6, 6.07) is 0. The molecule has 180 valence electrons. The summed E-state index contributed by atoms with van der Waals surface area (Å²) in [5.74, 6) is 0.437. The SMILES string of the molecule is CCOC(=O)N1CCN(C(=O)CSc2nc(C(C)(C)C)nc3c2c(=O)n(C)c(=O)n3C)CC1. The highest BCUT2D eigenvalue weighted by Crippen LogP contribution is 2.27. The first-order valence-corrected chi connectivity index (χ1v) is 11.7. The molecular weight excluding hydrogens is 448 g/mol. The first kappa shape index (κ1) is 24.7. The van der Waals surface area contributed by atoms with Crippen LogP contribution in [0.3, 0.4) is 0 Å². The molecule has 3 heterocycles. The molecule has 0 N–H and O–H groups in total. The lowest BCUT2D eigenvalue weighted by atomic mass is 9.96. The highest BCUT2D eigenvalue weighted by molar-refractivity contribution is 8.00. The first-order chi connectivity index (χ1) is 15.5. The molecule has 0 radical (unpaired) electrons. The summed E-state index contributed by atoms with van der Waals surface area (Å²) in [6.45, 7) is 9.51. The molecule has 33 heavy (non-hydrogen) atoms. The van der Waals surface area contributed by atoms with E-state index in [9.17, 15) is 19.2 Å². The van der Waals surface area contributed by atoms with E-state index in [0.29, 0.717) is 43.6 Å². The highest BCUT2D eigenvalue weighted by Gasteiger charge is 2.27. The minimum absolute atomic E-state index is 0.0705. The number of amides is 2. The van der Waals surface area contributed by atoms with Crippen LogP contribution in [0.2, 0.25) is 0 Å². The molecule has 3 rings (SSSR count). The number of nitrogens with zero attached hydrogens (tertiary/aromatic N) is 6. The molecule has 12 heteroatoms. The Hall–Kier alpha value is -2.89.